The summed E-state index contributed by atoms with van der Waals surface area (Å²) in [4.78, 5) is 14.2. The molecule has 2 saturated heterocycles. The smallest absolute Gasteiger partial charge is 0.410 e. The number of carbonyl (C=O) groups is 1. The summed E-state index contributed by atoms with van der Waals surface area (Å²) in [6, 6.07) is 0. The molecule has 0 saturated carbocycles. The molecule has 0 aromatic heterocycles. The Balaban J connectivity index is 1.90. The summed E-state index contributed by atoms with van der Waals surface area (Å²) in [6.07, 6.45) is 6.29. The molecule has 0 aromatic carbocycles. The van der Waals surface area contributed by atoms with Gasteiger partial charge in [-0.05, 0) is 59.3 Å². The third-order valence-corrected chi connectivity index (χ3v) is 4.68. The van der Waals surface area contributed by atoms with Crippen molar-refractivity contribution in [2.75, 3.05) is 26.3 Å². The zero-order valence-electron chi connectivity index (χ0n) is 15.2. The molecule has 5 nitrogen and oxygen atoms in total. The third kappa shape index (κ3) is 5.64. The molecule has 2 aliphatic rings. The molecule has 23 heavy (non-hydrogen) atoms. The molecule has 134 valence electrons. The summed E-state index contributed by atoms with van der Waals surface area (Å²) in [5, 5.41) is 0. The van der Waals surface area contributed by atoms with Gasteiger partial charge in [-0.25, -0.2) is 4.79 Å². The van der Waals surface area contributed by atoms with Crippen LogP contribution < -0.4 is 0 Å². The van der Waals surface area contributed by atoms with Crippen molar-refractivity contribution < 1.29 is 19.0 Å². The number of rotatable bonds is 4. The number of nitrogens with zero attached hydrogens (tertiary/aromatic N) is 1. The summed E-state index contributed by atoms with van der Waals surface area (Å²) >= 11 is 0. The lowest BCUT2D eigenvalue weighted by Crippen LogP contribution is -2.53. The Labute approximate surface area is 140 Å². The van der Waals surface area contributed by atoms with Gasteiger partial charge in [0.1, 0.15) is 5.60 Å². The van der Waals surface area contributed by atoms with E-state index in [1.54, 1.807) is 4.90 Å². The van der Waals surface area contributed by atoms with Gasteiger partial charge in [0, 0.05) is 13.2 Å². The van der Waals surface area contributed by atoms with Crippen LogP contribution in [0.1, 0.15) is 66.2 Å². The molecule has 0 N–H and O–H groups in total. The first kappa shape index (κ1) is 18.5. The fourth-order valence-corrected chi connectivity index (χ4v) is 3.30. The van der Waals surface area contributed by atoms with Gasteiger partial charge in [-0.3, -0.25) is 0 Å². The monoisotopic (exact) mass is 327 g/mol. The number of likely N-dealkylation sites (tertiary alicyclic amines) is 1. The fourth-order valence-electron chi connectivity index (χ4n) is 3.30. The van der Waals surface area contributed by atoms with Crippen LogP contribution in [0.2, 0.25) is 0 Å². The molecule has 1 amide bonds. The zero-order chi connectivity index (χ0) is 16.9. The standard InChI is InChI=1S/C18H33NO4/c1-5-18(22-13-15-9-6-7-12-21-15)10-8-11-19(14-18)16(20)23-17(2,3)4/h15H,5-14H2,1-4H3. The third-order valence-electron chi connectivity index (χ3n) is 4.68. The average Bonchev–Trinajstić information content (AvgIpc) is 2.53. The molecule has 0 bridgehead atoms. The van der Waals surface area contributed by atoms with Crippen LogP contribution in [-0.2, 0) is 14.2 Å². The Morgan fingerprint density at radius 1 is 1.30 bits per heavy atom. The van der Waals surface area contributed by atoms with E-state index in [0.717, 1.165) is 45.3 Å². The lowest BCUT2D eigenvalue weighted by Gasteiger charge is -2.43. The number of amides is 1. The van der Waals surface area contributed by atoms with E-state index in [1.807, 2.05) is 20.8 Å². The minimum atomic E-state index is -0.458. The predicted octanol–water partition coefficient (Wildman–Crippen LogP) is 3.75. The Morgan fingerprint density at radius 2 is 2.09 bits per heavy atom. The van der Waals surface area contributed by atoms with E-state index in [2.05, 4.69) is 6.92 Å². The van der Waals surface area contributed by atoms with Crippen molar-refractivity contribution in [3.63, 3.8) is 0 Å². The van der Waals surface area contributed by atoms with Crippen LogP contribution in [0.15, 0.2) is 0 Å². The summed E-state index contributed by atoms with van der Waals surface area (Å²) in [6.45, 7) is 10.7. The van der Waals surface area contributed by atoms with Crippen LogP contribution in [0.5, 0.6) is 0 Å². The number of hydrogen-bond donors (Lipinski definition) is 0. The molecule has 0 aliphatic carbocycles. The van der Waals surface area contributed by atoms with Gasteiger partial charge < -0.3 is 19.1 Å². The highest BCUT2D eigenvalue weighted by molar-refractivity contribution is 5.68. The first-order chi connectivity index (χ1) is 10.8. The normalized spacial score (nSPS) is 29.4. The van der Waals surface area contributed by atoms with Gasteiger partial charge in [0.15, 0.2) is 0 Å². The molecule has 2 rings (SSSR count). The second-order valence-corrected chi connectivity index (χ2v) is 7.84. The molecule has 0 aromatic rings. The average molecular weight is 327 g/mol. The molecular weight excluding hydrogens is 294 g/mol. The largest absolute Gasteiger partial charge is 0.444 e. The van der Waals surface area contributed by atoms with E-state index < -0.39 is 5.60 Å². The SMILES string of the molecule is CCC1(OCC2CCCCO2)CCCN(C(=O)OC(C)(C)C)C1. The fraction of sp³-hybridized carbons (Fsp3) is 0.944. The predicted molar refractivity (Wildman–Crippen MR) is 89.6 cm³/mol. The van der Waals surface area contributed by atoms with Gasteiger partial charge in [0.25, 0.3) is 0 Å². The summed E-state index contributed by atoms with van der Waals surface area (Å²) < 4.78 is 17.6. The van der Waals surface area contributed by atoms with E-state index in [0.29, 0.717) is 13.2 Å². The highest BCUT2D eigenvalue weighted by atomic mass is 16.6. The van der Waals surface area contributed by atoms with E-state index in [1.165, 1.54) is 6.42 Å². The van der Waals surface area contributed by atoms with E-state index >= 15 is 0 Å². The lowest BCUT2D eigenvalue weighted by molar-refractivity contribution is -0.131. The molecule has 0 radical (unpaired) electrons. The second kappa shape index (κ2) is 7.84. The van der Waals surface area contributed by atoms with Crippen LogP contribution in [-0.4, -0.2) is 54.6 Å². The molecule has 0 spiro atoms. The van der Waals surface area contributed by atoms with Crippen molar-refractivity contribution in [2.45, 2.75) is 83.5 Å². The van der Waals surface area contributed by atoms with Crippen molar-refractivity contribution in [1.82, 2.24) is 4.90 Å². The topological polar surface area (TPSA) is 48.0 Å². The van der Waals surface area contributed by atoms with Gasteiger partial charge >= 0.3 is 6.09 Å². The maximum atomic E-state index is 12.3. The second-order valence-electron chi connectivity index (χ2n) is 7.84. The maximum absolute atomic E-state index is 12.3. The summed E-state index contributed by atoms with van der Waals surface area (Å²) in [7, 11) is 0. The van der Waals surface area contributed by atoms with Crippen molar-refractivity contribution in [3.8, 4) is 0 Å². The summed E-state index contributed by atoms with van der Waals surface area (Å²) in [5.41, 5.74) is -0.712. The van der Waals surface area contributed by atoms with Crippen LogP contribution in [0.3, 0.4) is 0 Å². The van der Waals surface area contributed by atoms with Crippen LogP contribution in [0.25, 0.3) is 0 Å². The van der Waals surface area contributed by atoms with Crippen LogP contribution >= 0.6 is 0 Å². The first-order valence-electron chi connectivity index (χ1n) is 9.07. The molecule has 2 fully saturated rings. The highest BCUT2D eigenvalue weighted by Crippen LogP contribution is 2.30. The summed E-state index contributed by atoms with van der Waals surface area (Å²) in [5.74, 6) is 0. The quantitative estimate of drug-likeness (QED) is 0.789. The molecule has 2 unspecified atom stereocenters. The Hall–Kier alpha value is -0.810. The maximum Gasteiger partial charge on any atom is 0.410 e. The van der Waals surface area contributed by atoms with Crippen LogP contribution in [0.4, 0.5) is 4.79 Å². The van der Waals surface area contributed by atoms with E-state index in [9.17, 15) is 4.79 Å². The Kier molecular flexibility index (Phi) is 6.32. The Morgan fingerprint density at radius 3 is 2.70 bits per heavy atom. The van der Waals surface area contributed by atoms with Gasteiger partial charge in [-0.1, -0.05) is 6.92 Å². The molecule has 2 aliphatic heterocycles. The van der Waals surface area contributed by atoms with Crippen molar-refractivity contribution >= 4 is 6.09 Å². The lowest BCUT2D eigenvalue weighted by atomic mass is 9.90. The van der Waals surface area contributed by atoms with E-state index in [4.69, 9.17) is 14.2 Å². The molecule has 5 heteroatoms. The number of hydrogen-bond acceptors (Lipinski definition) is 4. The van der Waals surface area contributed by atoms with Gasteiger partial charge in [-0.2, -0.15) is 0 Å². The van der Waals surface area contributed by atoms with Gasteiger partial charge in [0.05, 0.1) is 24.9 Å². The number of ether oxygens (including phenoxy) is 3. The van der Waals surface area contributed by atoms with Gasteiger partial charge in [-0.15, -0.1) is 0 Å². The van der Waals surface area contributed by atoms with E-state index in [-0.39, 0.29) is 17.8 Å². The minimum Gasteiger partial charge on any atom is -0.444 e. The zero-order valence-corrected chi connectivity index (χ0v) is 15.2. The highest BCUT2D eigenvalue weighted by Gasteiger charge is 2.38. The molecular formula is C18H33NO4. The van der Waals surface area contributed by atoms with Crippen LogP contribution in [0, 0.1) is 0 Å². The van der Waals surface area contributed by atoms with Crippen molar-refractivity contribution in [3.05, 3.63) is 0 Å². The van der Waals surface area contributed by atoms with Crippen molar-refractivity contribution in [1.29, 1.82) is 0 Å². The van der Waals surface area contributed by atoms with Crippen molar-refractivity contribution in [2.24, 2.45) is 0 Å². The molecule has 2 heterocycles. The molecule has 2 atom stereocenters. The minimum absolute atomic E-state index is 0.212. The first-order valence-corrected chi connectivity index (χ1v) is 9.07. The number of carbonyl (C=O) groups excluding carboxylic acids is 1. The number of piperidine rings is 1. The van der Waals surface area contributed by atoms with Gasteiger partial charge in [0.2, 0.25) is 0 Å². The Bertz CT molecular complexity index is 387.